The van der Waals surface area contributed by atoms with Crippen molar-refractivity contribution in [3.8, 4) is 22.3 Å². The van der Waals surface area contributed by atoms with Crippen LogP contribution in [0.15, 0.2) is 285 Å². The zero-order chi connectivity index (χ0) is 50.1. The molecular weight excluding hydrogens is 907 g/mol. The molecule has 0 radical (unpaired) electrons. The Morgan fingerprint density at radius 2 is 0.667 bits per heavy atom. The summed E-state index contributed by atoms with van der Waals surface area (Å²) >= 11 is 0. The number of hydrogen-bond donors (Lipinski definition) is 0. The van der Waals surface area contributed by atoms with Crippen LogP contribution in [0.5, 0.6) is 0 Å². The number of fused-ring (bicyclic) bond motifs is 7. The fourth-order valence-electron chi connectivity index (χ4n) is 13.0. The van der Waals surface area contributed by atoms with Gasteiger partial charge in [0.2, 0.25) is 0 Å². The molecule has 1 aromatic heterocycles. The number of aryl methyl sites for hydroxylation is 2. The van der Waals surface area contributed by atoms with Gasteiger partial charge >= 0.3 is 0 Å². The molecule has 0 amide bonds. The Kier molecular flexibility index (Phi) is 10.4. The van der Waals surface area contributed by atoms with Crippen LogP contribution in [0.3, 0.4) is 0 Å². The lowest BCUT2D eigenvalue weighted by Crippen LogP contribution is -2.29. The van der Waals surface area contributed by atoms with Crippen molar-refractivity contribution in [1.82, 2.24) is 4.68 Å². The van der Waals surface area contributed by atoms with E-state index >= 15 is 0 Å². The summed E-state index contributed by atoms with van der Waals surface area (Å²) in [5, 5.41) is 3.54. The molecule has 0 aliphatic heterocycles. The molecule has 2 aliphatic rings. The summed E-state index contributed by atoms with van der Waals surface area (Å²) in [7, 11) is 0. The Balaban J connectivity index is 0.964. The zero-order valence-corrected chi connectivity index (χ0v) is 42.0. The number of nitrogens with zero attached hydrogens (tertiary/aromatic N) is 3. The van der Waals surface area contributed by atoms with Gasteiger partial charge < -0.3 is 4.90 Å². The van der Waals surface area contributed by atoms with Gasteiger partial charge in [0.15, 0.2) is 0 Å². The van der Waals surface area contributed by atoms with E-state index in [1.165, 1.54) is 77.9 Å². The normalized spacial score (nSPS) is 13.4. The standard InChI is InChI=1S/C72H53N3/c1-50-21-17-29-57(45-50)74(58-30-19-27-55(47-58)71(53-23-5-3-6-24-53)66-37-13-9-33-62(66)63-34-10-14-38-67(63)71)59-42-41-52-43-44-73(70(52)49-59)75(60-31-18-22-51(2)46-60)61-32-20-28-56(48-61)72(54-25-7-4-8-26-54)68-39-15-11-35-64(68)65-36-12-16-40-69(65)72/h3-49H,1-2H3. The molecule has 0 saturated heterocycles. The molecule has 14 rings (SSSR count). The fourth-order valence-corrected chi connectivity index (χ4v) is 13.0. The highest BCUT2D eigenvalue weighted by molar-refractivity contribution is 5.92. The monoisotopic (exact) mass is 959 g/mol. The summed E-state index contributed by atoms with van der Waals surface area (Å²) in [5.74, 6) is 0. The lowest BCUT2D eigenvalue weighted by atomic mass is 9.67. The van der Waals surface area contributed by atoms with Crippen LogP contribution in [0.25, 0.3) is 33.2 Å². The van der Waals surface area contributed by atoms with Gasteiger partial charge in [0.1, 0.15) is 0 Å². The van der Waals surface area contributed by atoms with E-state index in [-0.39, 0.29) is 0 Å². The Morgan fingerprint density at radius 3 is 1.16 bits per heavy atom. The molecule has 3 nitrogen and oxygen atoms in total. The van der Waals surface area contributed by atoms with E-state index in [0.29, 0.717) is 0 Å². The summed E-state index contributed by atoms with van der Waals surface area (Å²) < 4.78 is 2.35. The lowest BCUT2D eigenvalue weighted by Gasteiger charge is -2.35. The third kappa shape index (κ3) is 6.81. The van der Waals surface area contributed by atoms with Gasteiger partial charge in [-0.05, 0) is 158 Å². The van der Waals surface area contributed by atoms with Crippen molar-refractivity contribution in [3.63, 3.8) is 0 Å². The predicted octanol–water partition coefficient (Wildman–Crippen LogP) is 18.1. The molecule has 0 atom stereocenters. The minimum Gasteiger partial charge on any atom is -0.310 e. The number of benzene rings is 11. The van der Waals surface area contributed by atoms with E-state index in [1.807, 2.05) is 0 Å². The summed E-state index contributed by atoms with van der Waals surface area (Å²) in [6.45, 7) is 4.36. The van der Waals surface area contributed by atoms with Crippen molar-refractivity contribution < 1.29 is 0 Å². The van der Waals surface area contributed by atoms with Crippen molar-refractivity contribution >= 4 is 39.3 Å². The van der Waals surface area contributed by atoms with Crippen LogP contribution in [0.4, 0.5) is 28.4 Å². The second-order valence-electron chi connectivity index (χ2n) is 20.2. The van der Waals surface area contributed by atoms with Gasteiger partial charge in [-0.3, -0.25) is 4.68 Å². The highest BCUT2D eigenvalue weighted by Crippen LogP contribution is 2.58. The number of anilines is 5. The van der Waals surface area contributed by atoms with Gasteiger partial charge in [0.25, 0.3) is 0 Å². The Hall–Kier alpha value is -9.44. The van der Waals surface area contributed by atoms with Crippen LogP contribution in [0.2, 0.25) is 0 Å². The number of hydrogen-bond acceptors (Lipinski definition) is 2. The van der Waals surface area contributed by atoms with E-state index < -0.39 is 10.8 Å². The first-order valence-electron chi connectivity index (χ1n) is 26.1. The van der Waals surface area contributed by atoms with Gasteiger partial charge in [0.05, 0.1) is 27.7 Å². The first-order chi connectivity index (χ1) is 37.0. The summed E-state index contributed by atoms with van der Waals surface area (Å²) in [4.78, 5) is 2.44. The van der Waals surface area contributed by atoms with Gasteiger partial charge in [-0.25, -0.2) is 5.01 Å². The molecule has 3 heteroatoms. The van der Waals surface area contributed by atoms with Crippen LogP contribution in [-0.2, 0) is 10.8 Å². The molecule has 11 aromatic carbocycles. The van der Waals surface area contributed by atoms with Crippen molar-refractivity contribution in [2.75, 3.05) is 9.91 Å². The van der Waals surface area contributed by atoms with Gasteiger partial charge in [0, 0.05) is 28.6 Å². The van der Waals surface area contributed by atoms with E-state index in [1.54, 1.807) is 0 Å². The molecule has 0 bridgehead atoms. The first kappa shape index (κ1) is 44.3. The topological polar surface area (TPSA) is 11.4 Å². The number of rotatable bonds is 10. The first-order valence-corrected chi connectivity index (χ1v) is 26.1. The Morgan fingerprint density at radius 1 is 0.293 bits per heavy atom. The molecule has 12 aromatic rings. The van der Waals surface area contributed by atoms with Crippen molar-refractivity contribution in [1.29, 1.82) is 0 Å². The van der Waals surface area contributed by atoms with Crippen LogP contribution >= 0.6 is 0 Å². The van der Waals surface area contributed by atoms with E-state index in [9.17, 15) is 0 Å². The second kappa shape index (κ2) is 17.7. The highest BCUT2D eigenvalue weighted by atomic mass is 15.5. The third-order valence-electron chi connectivity index (χ3n) is 16.0. The van der Waals surface area contributed by atoms with E-state index in [2.05, 4.69) is 314 Å². The maximum atomic E-state index is 2.44. The lowest BCUT2D eigenvalue weighted by molar-refractivity contribution is 0.765. The summed E-state index contributed by atoms with van der Waals surface area (Å²) in [6.07, 6.45) is 2.23. The largest absolute Gasteiger partial charge is 0.310 e. The smallest absolute Gasteiger partial charge is 0.0723 e. The molecular formula is C72H53N3. The van der Waals surface area contributed by atoms with Crippen molar-refractivity contribution in [3.05, 3.63) is 341 Å². The molecule has 0 saturated carbocycles. The van der Waals surface area contributed by atoms with Crippen LogP contribution in [-0.4, -0.2) is 4.68 Å². The molecule has 75 heavy (non-hydrogen) atoms. The minimum atomic E-state index is -0.542. The van der Waals surface area contributed by atoms with Crippen LogP contribution in [0, 0.1) is 13.8 Å². The molecule has 0 N–H and O–H groups in total. The summed E-state index contributed by atoms with van der Waals surface area (Å²) in [6, 6.07) is 104. The zero-order valence-electron chi connectivity index (χ0n) is 42.0. The van der Waals surface area contributed by atoms with Gasteiger partial charge in [-0.15, -0.1) is 0 Å². The second-order valence-corrected chi connectivity index (χ2v) is 20.2. The van der Waals surface area contributed by atoms with Gasteiger partial charge in [-0.1, -0.05) is 212 Å². The molecule has 0 unspecified atom stereocenters. The average Bonchev–Trinajstić information content (AvgIpc) is 4.12. The predicted molar refractivity (Wildman–Crippen MR) is 311 cm³/mol. The molecule has 2 aliphatic carbocycles. The Bertz CT molecular complexity index is 4040. The molecule has 1 heterocycles. The van der Waals surface area contributed by atoms with E-state index in [4.69, 9.17) is 0 Å². The highest BCUT2D eigenvalue weighted by Gasteiger charge is 2.47. The van der Waals surface area contributed by atoms with Crippen molar-refractivity contribution in [2.45, 2.75) is 24.7 Å². The third-order valence-corrected chi connectivity index (χ3v) is 16.0. The maximum Gasteiger partial charge on any atom is 0.0723 e. The molecule has 0 fully saturated rings. The minimum absolute atomic E-state index is 0.536. The molecule has 356 valence electrons. The summed E-state index contributed by atoms with van der Waals surface area (Å²) in [5.41, 5.74) is 23.0. The maximum absolute atomic E-state index is 2.44. The van der Waals surface area contributed by atoms with Crippen LogP contribution in [0.1, 0.15) is 55.6 Å². The molecule has 0 spiro atoms. The quantitative estimate of drug-likeness (QED) is 0.135. The number of aromatic nitrogens is 1. The van der Waals surface area contributed by atoms with Crippen LogP contribution < -0.4 is 9.91 Å². The fraction of sp³-hybridized carbons (Fsp3) is 0.0556. The van der Waals surface area contributed by atoms with Gasteiger partial charge in [-0.2, -0.15) is 0 Å². The SMILES string of the molecule is Cc1cccc(N(c2cccc(C3(c4ccccc4)c4ccccc4-c4ccccc43)c2)c2ccc3ccn(N(c4cccc(C)c4)c4cccc(C5(c6ccccc6)c6ccccc6-c6ccccc65)c4)c3c2)c1. The van der Waals surface area contributed by atoms with Crippen molar-refractivity contribution in [2.24, 2.45) is 0 Å². The average molecular weight is 960 g/mol. The van der Waals surface area contributed by atoms with E-state index in [0.717, 1.165) is 39.3 Å². The Labute approximate surface area is 439 Å².